The maximum absolute atomic E-state index is 12.1. The van der Waals surface area contributed by atoms with E-state index in [1.165, 1.54) is 42.5 Å². The molecule has 0 fully saturated rings. The van der Waals surface area contributed by atoms with Gasteiger partial charge >= 0.3 is 23.9 Å². The van der Waals surface area contributed by atoms with Gasteiger partial charge in [-0.3, -0.25) is 0 Å². The number of fused-ring (bicyclic) bond motifs is 1. The number of allylic oxidation sites excluding steroid dienone is 1. The Morgan fingerprint density at radius 3 is 2.30 bits per heavy atom. The summed E-state index contributed by atoms with van der Waals surface area (Å²) < 4.78 is 9.79. The van der Waals surface area contributed by atoms with E-state index in [0.717, 1.165) is 0 Å². The summed E-state index contributed by atoms with van der Waals surface area (Å²) in [4.78, 5) is 45.8. The number of esters is 2. The fourth-order valence-electron chi connectivity index (χ4n) is 2.41. The molecule has 8 heteroatoms. The number of carbonyl (C=O) groups excluding carboxylic acids is 2. The van der Waals surface area contributed by atoms with Crippen LogP contribution in [-0.4, -0.2) is 47.3 Å². The summed E-state index contributed by atoms with van der Waals surface area (Å²) in [6.07, 6.45) is 2.75. The van der Waals surface area contributed by atoms with Crippen LogP contribution in [-0.2, 0) is 14.3 Å². The van der Waals surface area contributed by atoms with Gasteiger partial charge in [0.1, 0.15) is 13.2 Å². The number of carboxylic acid groups (broad SMARTS) is 2. The third kappa shape index (κ3) is 4.69. The van der Waals surface area contributed by atoms with E-state index in [4.69, 9.17) is 14.6 Å². The summed E-state index contributed by atoms with van der Waals surface area (Å²) in [7, 11) is 0. The van der Waals surface area contributed by atoms with Crippen molar-refractivity contribution in [1.29, 1.82) is 0 Å². The molecule has 0 atom stereocenters. The van der Waals surface area contributed by atoms with E-state index in [-0.39, 0.29) is 35.3 Å². The second kappa shape index (κ2) is 8.61. The first-order valence-electron chi connectivity index (χ1n) is 7.85. The zero-order chi connectivity index (χ0) is 20.0. The molecular weight excluding hydrogens is 356 g/mol. The topological polar surface area (TPSA) is 127 Å². The molecule has 2 aromatic rings. The first-order valence-corrected chi connectivity index (χ1v) is 7.85. The number of hydrogen-bond donors (Lipinski definition) is 2. The number of ether oxygens (including phenoxy) is 2. The molecule has 0 aromatic heterocycles. The Morgan fingerprint density at radius 2 is 1.67 bits per heavy atom. The molecule has 27 heavy (non-hydrogen) atoms. The molecule has 0 aliphatic carbocycles. The molecule has 140 valence electrons. The highest BCUT2D eigenvalue weighted by atomic mass is 16.6. The molecule has 0 saturated heterocycles. The van der Waals surface area contributed by atoms with Gasteiger partial charge in [-0.2, -0.15) is 0 Å². The van der Waals surface area contributed by atoms with Crippen LogP contribution in [0.1, 0.15) is 38.0 Å². The highest BCUT2D eigenvalue weighted by molar-refractivity contribution is 6.12. The Balaban J connectivity index is 2.17. The van der Waals surface area contributed by atoms with Gasteiger partial charge in [0.15, 0.2) is 0 Å². The molecule has 0 aliphatic heterocycles. The standard InChI is InChI=1S/C19H16O8/c1-2-3-15(20)26-8-9-27-19(25)12-5-6-13-11(10-12)4-7-14(17(21)22)16(13)18(23)24/h2-7,10H,8-9H2,1H3,(H,21,22)(H,23,24). The van der Waals surface area contributed by atoms with Gasteiger partial charge in [-0.15, -0.1) is 0 Å². The predicted octanol–water partition coefficient (Wildman–Crippen LogP) is 2.51. The van der Waals surface area contributed by atoms with Gasteiger partial charge in [0.2, 0.25) is 0 Å². The first-order chi connectivity index (χ1) is 12.8. The van der Waals surface area contributed by atoms with E-state index in [1.807, 2.05) is 0 Å². The minimum atomic E-state index is -1.38. The molecule has 0 unspecified atom stereocenters. The van der Waals surface area contributed by atoms with Crippen molar-refractivity contribution in [3.8, 4) is 0 Å². The lowest BCUT2D eigenvalue weighted by Crippen LogP contribution is -2.13. The van der Waals surface area contributed by atoms with E-state index in [1.54, 1.807) is 6.92 Å². The van der Waals surface area contributed by atoms with Crippen molar-refractivity contribution in [1.82, 2.24) is 0 Å². The minimum absolute atomic E-state index is 0.104. The van der Waals surface area contributed by atoms with E-state index in [2.05, 4.69) is 0 Å². The van der Waals surface area contributed by atoms with Crippen molar-refractivity contribution >= 4 is 34.6 Å². The Hall–Kier alpha value is -3.68. The molecule has 2 rings (SSSR count). The second-order valence-corrected chi connectivity index (χ2v) is 5.34. The highest BCUT2D eigenvalue weighted by Crippen LogP contribution is 2.24. The zero-order valence-corrected chi connectivity index (χ0v) is 14.3. The fraction of sp³-hybridized carbons (Fsp3) is 0.158. The zero-order valence-electron chi connectivity index (χ0n) is 14.3. The Labute approximate surface area is 153 Å². The molecule has 0 bridgehead atoms. The lowest BCUT2D eigenvalue weighted by atomic mass is 9.97. The average molecular weight is 372 g/mol. The number of carboxylic acids is 2. The number of hydrogen-bond acceptors (Lipinski definition) is 6. The summed E-state index contributed by atoms with van der Waals surface area (Å²) in [6, 6.07) is 6.69. The van der Waals surface area contributed by atoms with Gasteiger partial charge in [-0.05, 0) is 35.9 Å². The first kappa shape index (κ1) is 19.6. The predicted molar refractivity (Wildman–Crippen MR) is 93.9 cm³/mol. The molecule has 2 aromatic carbocycles. The summed E-state index contributed by atoms with van der Waals surface area (Å²) in [5.74, 6) is -3.96. The molecule has 0 aliphatic rings. The van der Waals surface area contributed by atoms with Crippen LogP contribution in [0.3, 0.4) is 0 Å². The van der Waals surface area contributed by atoms with Gasteiger partial charge in [-0.1, -0.05) is 18.2 Å². The van der Waals surface area contributed by atoms with Crippen molar-refractivity contribution in [2.45, 2.75) is 6.92 Å². The van der Waals surface area contributed by atoms with Gasteiger partial charge in [-0.25, -0.2) is 19.2 Å². The summed E-state index contributed by atoms with van der Waals surface area (Å²) in [5.41, 5.74) is -0.536. The molecule has 0 spiro atoms. The van der Waals surface area contributed by atoms with Crippen LogP contribution < -0.4 is 0 Å². The van der Waals surface area contributed by atoms with Crippen LogP contribution >= 0.6 is 0 Å². The van der Waals surface area contributed by atoms with Crippen LogP contribution in [0.2, 0.25) is 0 Å². The molecule has 0 radical (unpaired) electrons. The quantitative estimate of drug-likeness (QED) is 0.431. The normalized spacial score (nSPS) is 10.7. The molecular formula is C19H16O8. The van der Waals surface area contributed by atoms with Crippen LogP contribution in [0.25, 0.3) is 10.8 Å². The van der Waals surface area contributed by atoms with Crippen LogP contribution in [0.4, 0.5) is 0 Å². The molecule has 0 heterocycles. The number of rotatable bonds is 7. The van der Waals surface area contributed by atoms with Gasteiger partial charge < -0.3 is 19.7 Å². The van der Waals surface area contributed by atoms with Crippen molar-refractivity contribution in [2.24, 2.45) is 0 Å². The van der Waals surface area contributed by atoms with E-state index >= 15 is 0 Å². The smallest absolute Gasteiger partial charge is 0.338 e. The van der Waals surface area contributed by atoms with Crippen LogP contribution in [0.5, 0.6) is 0 Å². The van der Waals surface area contributed by atoms with Crippen molar-refractivity contribution in [3.05, 3.63) is 59.2 Å². The van der Waals surface area contributed by atoms with Crippen LogP contribution in [0, 0.1) is 0 Å². The second-order valence-electron chi connectivity index (χ2n) is 5.34. The number of aromatic carboxylic acids is 2. The van der Waals surface area contributed by atoms with Crippen LogP contribution in [0.15, 0.2) is 42.5 Å². The fourth-order valence-corrected chi connectivity index (χ4v) is 2.41. The molecule has 8 nitrogen and oxygen atoms in total. The van der Waals surface area contributed by atoms with Gasteiger partial charge in [0, 0.05) is 6.08 Å². The van der Waals surface area contributed by atoms with Crippen molar-refractivity contribution in [3.63, 3.8) is 0 Å². The SMILES string of the molecule is CC=CC(=O)OCCOC(=O)c1ccc2c(C(=O)O)c(C(=O)O)ccc2c1. The average Bonchev–Trinajstić information content (AvgIpc) is 2.63. The molecule has 0 amide bonds. The monoisotopic (exact) mass is 372 g/mol. The van der Waals surface area contributed by atoms with Gasteiger partial charge in [0.25, 0.3) is 0 Å². The lowest BCUT2D eigenvalue weighted by Gasteiger charge is -2.09. The van der Waals surface area contributed by atoms with E-state index in [9.17, 15) is 24.3 Å². The maximum Gasteiger partial charge on any atom is 0.338 e. The summed E-state index contributed by atoms with van der Waals surface area (Å²) in [6.45, 7) is 1.42. The summed E-state index contributed by atoms with van der Waals surface area (Å²) >= 11 is 0. The number of carbonyl (C=O) groups is 4. The Kier molecular flexibility index (Phi) is 6.27. The van der Waals surface area contributed by atoms with Gasteiger partial charge in [0.05, 0.1) is 16.7 Å². The van der Waals surface area contributed by atoms with Crippen molar-refractivity contribution < 1.29 is 38.9 Å². The number of benzene rings is 2. The van der Waals surface area contributed by atoms with Crippen molar-refractivity contribution in [2.75, 3.05) is 13.2 Å². The largest absolute Gasteiger partial charge is 0.478 e. The highest BCUT2D eigenvalue weighted by Gasteiger charge is 2.20. The van der Waals surface area contributed by atoms with E-state index < -0.39 is 23.9 Å². The van der Waals surface area contributed by atoms with E-state index in [0.29, 0.717) is 5.39 Å². The lowest BCUT2D eigenvalue weighted by molar-refractivity contribution is -0.138. The minimum Gasteiger partial charge on any atom is -0.478 e. The molecule has 2 N–H and O–H groups in total. The Bertz CT molecular complexity index is 942. The Morgan fingerprint density at radius 1 is 0.963 bits per heavy atom. The summed E-state index contributed by atoms with van der Waals surface area (Å²) in [5, 5.41) is 19.0. The molecule has 0 saturated carbocycles. The maximum atomic E-state index is 12.1. The third-order valence-electron chi connectivity index (χ3n) is 3.56. The third-order valence-corrected chi connectivity index (χ3v) is 3.56.